The van der Waals surface area contributed by atoms with Gasteiger partial charge in [0.1, 0.15) is 0 Å². The molecule has 0 N–H and O–H groups in total. The molecule has 0 bridgehead atoms. The van der Waals surface area contributed by atoms with Gasteiger partial charge in [0, 0.05) is 0 Å². The van der Waals surface area contributed by atoms with E-state index in [4.69, 9.17) is 0 Å². The topological polar surface area (TPSA) is 0 Å². The summed E-state index contributed by atoms with van der Waals surface area (Å²) in [6.07, 6.45) is 5.08. The van der Waals surface area contributed by atoms with Crippen molar-refractivity contribution in [1.29, 1.82) is 0 Å². The minimum Gasteiger partial charge on any atom is -0.147 e. The van der Waals surface area contributed by atoms with Crippen molar-refractivity contribution in [1.82, 2.24) is 0 Å². The molecule has 0 amide bonds. The fourth-order valence-electron chi connectivity index (χ4n) is 7.17. The van der Waals surface area contributed by atoms with E-state index in [1.807, 2.05) is 13.8 Å². The van der Waals surface area contributed by atoms with Gasteiger partial charge in [-0.05, 0) is 0 Å². The molecule has 0 saturated heterocycles. The molecule has 6 rings (SSSR count). The van der Waals surface area contributed by atoms with Gasteiger partial charge < -0.3 is 0 Å². The molecule has 0 radical (unpaired) electrons. The van der Waals surface area contributed by atoms with Crippen LogP contribution < -0.4 is 0 Å². The van der Waals surface area contributed by atoms with Crippen LogP contribution in [0.2, 0.25) is 4.13 Å². The molecule has 0 heterocycles. The molecule has 2 aliphatic carbocycles. The van der Waals surface area contributed by atoms with Crippen molar-refractivity contribution in [2.45, 2.75) is 46.0 Å². The second kappa shape index (κ2) is 13.8. The summed E-state index contributed by atoms with van der Waals surface area (Å²) in [6.45, 7) is 11.4. The average Bonchev–Trinajstić information content (AvgIpc) is 3.50. The van der Waals surface area contributed by atoms with E-state index < -0.39 is 19.4 Å². The van der Waals surface area contributed by atoms with E-state index in [2.05, 4.69) is 130 Å². The summed E-state index contributed by atoms with van der Waals surface area (Å²) in [5, 5.41) is 0. The molecule has 0 aliphatic heterocycles. The molecule has 0 fully saturated rings. The predicted octanol–water partition coefficient (Wildman–Crippen LogP) is 10.4. The Morgan fingerprint density at radius 2 is 0.950 bits per heavy atom. The molecule has 0 spiro atoms. The summed E-state index contributed by atoms with van der Waals surface area (Å²) in [5.41, 5.74) is 14.9. The maximum absolute atomic E-state index is 2.73. The van der Waals surface area contributed by atoms with Crippen LogP contribution in [0.15, 0.2) is 108 Å². The zero-order valence-corrected chi connectivity index (χ0v) is 30.7. The molecule has 2 unspecified atom stereocenters. The molecular weight excluding hydrogens is 623 g/mol. The van der Waals surface area contributed by atoms with Crippen LogP contribution in [-0.4, -0.2) is 7.37 Å². The summed E-state index contributed by atoms with van der Waals surface area (Å²) >= 11 is -2.73. The Morgan fingerprint density at radius 3 is 1.30 bits per heavy atom. The molecule has 0 aromatic heterocycles. The van der Waals surface area contributed by atoms with Crippen molar-refractivity contribution in [3.8, 4) is 22.3 Å². The van der Waals surface area contributed by atoms with Crippen molar-refractivity contribution >= 4 is 44.3 Å². The van der Waals surface area contributed by atoms with Crippen LogP contribution in [0.3, 0.4) is 0 Å². The fraction of sp³-hybridized carbons (Fsp3) is 0.222. The third kappa shape index (κ3) is 5.58. The second-order valence-electron chi connectivity index (χ2n) is 10.9. The summed E-state index contributed by atoms with van der Waals surface area (Å²) in [6, 6.07) is 36.1. The van der Waals surface area contributed by atoms with E-state index in [-0.39, 0.29) is 24.8 Å². The molecule has 0 nitrogen and oxygen atoms in total. The molecule has 2 aliphatic rings. The first-order chi connectivity index (χ1) is 18.5. The first-order valence-electron chi connectivity index (χ1n) is 14.3. The average molecular weight is 665 g/mol. The number of allylic oxidation sites excluding steroid dienone is 2. The van der Waals surface area contributed by atoms with E-state index in [1.54, 1.807) is 22.3 Å². The van der Waals surface area contributed by atoms with Crippen LogP contribution in [0.4, 0.5) is 0 Å². The van der Waals surface area contributed by atoms with Crippen LogP contribution in [-0.2, 0) is 19.4 Å². The first kappa shape index (κ1) is 32.6. The normalized spacial score (nSPS) is 18.0. The van der Waals surface area contributed by atoms with Gasteiger partial charge >= 0.3 is 224 Å². The van der Waals surface area contributed by atoms with Crippen molar-refractivity contribution < 1.29 is 19.4 Å². The molecular formula is C36H42Cl2SiZr. The number of hydrogen-bond donors (Lipinski definition) is 0. The molecule has 4 aromatic carbocycles. The smallest absolute Gasteiger partial charge is 0.147 e. The number of hydrogen-bond acceptors (Lipinski definition) is 0. The van der Waals surface area contributed by atoms with Crippen LogP contribution in [0, 0.1) is 0 Å². The maximum atomic E-state index is 2.54. The Hall–Kier alpha value is -1.96. The Morgan fingerprint density at radius 1 is 0.575 bits per heavy atom. The van der Waals surface area contributed by atoms with Gasteiger partial charge in [-0.3, -0.25) is 0 Å². The summed E-state index contributed by atoms with van der Waals surface area (Å²) < 4.78 is 2.71. The Bertz CT molecular complexity index is 1400. The van der Waals surface area contributed by atoms with Crippen LogP contribution in [0.25, 0.3) is 34.4 Å². The van der Waals surface area contributed by atoms with Crippen LogP contribution >= 0.6 is 24.8 Å². The minimum absolute atomic E-state index is 0. The summed E-state index contributed by atoms with van der Waals surface area (Å²) in [5.74, 6) is 0. The van der Waals surface area contributed by atoms with Crippen LogP contribution in [0.5, 0.6) is 0 Å². The number of benzene rings is 4. The Kier molecular flexibility index (Phi) is 11.2. The van der Waals surface area contributed by atoms with E-state index in [0.717, 1.165) is 0 Å². The Labute approximate surface area is 260 Å². The zero-order chi connectivity index (χ0) is 26.9. The van der Waals surface area contributed by atoms with E-state index >= 15 is 0 Å². The van der Waals surface area contributed by atoms with Gasteiger partial charge in [-0.15, -0.1) is 24.8 Å². The van der Waals surface area contributed by atoms with E-state index in [9.17, 15) is 0 Å². The van der Waals surface area contributed by atoms with Gasteiger partial charge in [-0.1, -0.05) is 13.8 Å². The minimum atomic E-state index is -2.73. The Balaban J connectivity index is 0.00000108. The van der Waals surface area contributed by atoms with Gasteiger partial charge in [0.2, 0.25) is 0 Å². The third-order valence-corrected chi connectivity index (χ3v) is 33.8. The van der Waals surface area contributed by atoms with Gasteiger partial charge in [0.05, 0.1) is 0 Å². The summed E-state index contributed by atoms with van der Waals surface area (Å²) in [7, 11) is 1.33. The monoisotopic (exact) mass is 662 g/mol. The molecule has 4 heteroatoms. The molecule has 40 heavy (non-hydrogen) atoms. The quantitative estimate of drug-likeness (QED) is 0.186. The van der Waals surface area contributed by atoms with Gasteiger partial charge in [0.25, 0.3) is 0 Å². The van der Waals surface area contributed by atoms with Crippen LogP contribution in [0.1, 0.15) is 64.1 Å². The predicted molar refractivity (Wildman–Crippen MR) is 183 cm³/mol. The first-order valence-corrected chi connectivity index (χ1v) is 27.2. The fourth-order valence-corrected chi connectivity index (χ4v) is 29.3. The molecule has 2 atom stereocenters. The number of fused-ring (bicyclic) bond motifs is 2. The van der Waals surface area contributed by atoms with Gasteiger partial charge in [-0.25, -0.2) is 0 Å². The molecule has 208 valence electrons. The van der Waals surface area contributed by atoms with Crippen molar-refractivity contribution in [2.75, 3.05) is 0 Å². The largest absolute Gasteiger partial charge is 0.147 e. The zero-order valence-electron chi connectivity index (χ0n) is 24.6. The van der Waals surface area contributed by atoms with Gasteiger partial charge in [0.15, 0.2) is 0 Å². The third-order valence-electron chi connectivity index (χ3n) is 8.81. The van der Waals surface area contributed by atoms with E-state index in [0.29, 0.717) is 7.25 Å². The van der Waals surface area contributed by atoms with Crippen molar-refractivity contribution in [3.63, 3.8) is 0 Å². The number of rotatable bonds is 5. The molecule has 4 aromatic rings. The maximum Gasteiger partial charge on any atom is -0.147 e. The second-order valence-corrected chi connectivity index (χ2v) is 33.8. The van der Waals surface area contributed by atoms with E-state index in [1.165, 1.54) is 44.9 Å². The number of halogens is 2. The molecule has 0 saturated carbocycles. The van der Waals surface area contributed by atoms with Crippen molar-refractivity contribution in [3.05, 3.63) is 130 Å². The van der Waals surface area contributed by atoms with Crippen molar-refractivity contribution in [2.24, 2.45) is 0 Å². The standard InChI is InChI=1S/2C16H13.C2H6.C2H5.2ClH.H3Si.Zr/c2*1-12-10-14-8-5-9-15(16(14)11-12)13-6-3-2-4-7-13;2*1-2;;;;/h2*2-11H,1H3;1-2H3;1H2,2H3;2*1H;1H3;. The SMILES string of the molecule is CC.C[CH2][Zr]([SiH3])([CH]1C(C)=Cc2c(-c3ccccc3)cccc21)[CH]1C(C)=Cc2c(-c3ccccc3)cccc21.Cl.Cl. The van der Waals surface area contributed by atoms with Gasteiger partial charge in [-0.2, -0.15) is 0 Å². The summed E-state index contributed by atoms with van der Waals surface area (Å²) in [4.78, 5) is 0.